The fourth-order valence-electron chi connectivity index (χ4n) is 1.88. The lowest BCUT2D eigenvalue weighted by Gasteiger charge is -2.27. The molecule has 0 saturated carbocycles. The highest BCUT2D eigenvalue weighted by molar-refractivity contribution is 5.85. The molecule has 1 aromatic rings. The van der Waals surface area contributed by atoms with Gasteiger partial charge in [-0.2, -0.15) is 0 Å². The molecule has 1 amide bonds. The molecule has 1 aromatic carbocycles. The van der Waals surface area contributed by atoms with E-state index in [1.165, 1.54) is 0 Å². The van der Waals surface area contributed by atoms with Crippen LogP contribution in [0.2, 0.25) is 0 Å². The van der Waals surface area contributed by atoms with Crippen LogP contribution in [0.4, 0.5) is 10.5 Å². The first-order chi connectivity index (χ1) is 9.11. The van der Waals surface area contributed by atoms with Crippen LogP contribution in [-0.4, -0.2) is 46.9 Å². The van der Waals surface area contributed by atoms with E-state index in [9.17, 15) is 4.79 Å². The number of rotatable bonds is 2. The van der Waals surface area contributed by atoms with Crippen LogP contribution in [0.25, 0.3) is 0 Å². The van der Waals surface area contributed by atoms with Crippen LogP contribution in [0, 0.1) is 0 Å². The first kappa shape index (κ1) is 18.7. The second kappa shape index (κ2) is 10.5. The van der Waals surface area contributed by atoms with E-state index in [0.717, 1.165) is 32.5 Å². The number of piperidine rings is 1. The number of hydrogen-bond acceptors (Lipinski definition) is 3. The van der Waals surface area contributed by atoms with E-state index in [2.05, 4.69) is 17.1 Å². The highest BCUT2D eigenvalue weighted by Gasteiger charge is 2.14. The highest BCUT2D eigenvalue weighted by Crippen LogP contribution is 2.08. The van der Waals surface area contributed by atoms with E-state index < -0.39 is 6.09 Å². The number of likely N-dealkylation sites (tertiary alicyclic amines) is 1. The number of hydrogen-bond donors (Lipinski definition) is 3. The molecule has 0 spiro atoms. The van der Waals surface area contributed by atoms with Gasteiger partial charge in [0.1, 0.15) is 0 Å². The van der Waals surface area contributed by atoms with Crippen molar-refractivity contribution in [2.45, 2.75) is 25.9 Å². The molecule has 1 heterocycles. The van der Waals surface area contributed by atoms with Gasteiger partial charge in [0.05, 0.1) is 6.10 Å². The minimum atomic E-state index is -1.04. The topological polar surface area (TPSA) is 72.8 Å². The SMILES string of the molecule is CCN1CCC(O)CC1.Cl.O=C(O)Nc1ccccc1. The number of para-hydroxylation sites is 1. The number of aliphatic hydroxyl groups excluding tert-OH is 1. The molecular weight excluding hydrogens is 280 g/mol. The zero-order valence-corrected chi connectivity index (χ0v) is 12.5. The van der Waals surface area contributed by atoms with Crippen LogP contribution in [0.15, 0.2) is 30.3 Å². The lowest BCUT2D eigenvalue weighted by Crippen LogP contribution is -2.35. The minimum Gasteiger partial charge on any atom is -0.465 e. The van der Waals surface area contributed by atoms with Gasteiger partial charge < -0.3 is 15.1 Å². The predicted molar refractivity (Wildman–Crippen MR) is 82.7 cm³/mol. The summed E-state index contributed by atoms with van der Waals surface area (Å²) in [6.45, 7) is 5.46. The van der Waals surface area contributed by atoms with E-state index in [1.807, 2.05) is 6.07 Å². The Labute approximate surface area is 126 Å². The number of halogens is 1. The number of nitrogens with one attached hydrogen (secondary N) is 1. The molecule has 1 saturated heterocycles. The normalized spacial score (nSPS) is 15.5. The van der Waals surface area contributed by atoms with Crippen LogP contribution >= 0.6 is 12.4 Å². The third-order valence-corrected chi connectivity index (χ3v) is 3.03. The van der Waals surface area contributed by atoms with Crippen LogP contribution < -0.4 is 5.32 Å². The second-order valence-electron chi connectivity index (χ2n) is 4.46. The van der Waals surface area contributed by atoms with Gasteiger partial charge in [-0.25, -0.2) is 4.79 Å². The molecular formula is C14H23ClN2O3. The van der Waals surface area contributed by atoms with Gasteiger partial charge >= 0.3 is 6.09 Å². The molecule has 0 radical (unpaired) electrons. The van der Waals surface area contributed by atoms with Crippen molar-refractivity contribution >= 4 is 24.2 Å². The number of carboxylic acid groups (broad SMARTS) is 1. The largest absolute Gasteiger partial charge is 0.465 e. The lowest BCUT2D eigenvalue weighted by atomic mass is 10.1. The number of nitrogens with zero attached hydrogens (tertiary/aromatic N) is 1. The van der Waals surface area contributed by atoms with Gasteiger partial charge in [0.25, 0.3) is 0 Å². The molecule has 20 heavy (non-hydrogen) atoms. The molecule has 5 nitrogen and oxygen atoms in total. The molecule has 114 valence electrons. The van der Waals surface area contributed by atoms with Crippen molar-refractivity contribution in [1.29, 1.82) is 0 Å². The summed E-state index contributed by atoms with van der Waals surface area (Å²) in [4.78, 5) is 12.4. The monoisotopic (exact) mass is 302 g/mol. The maximum Gasteiger partial charge on any atom is 0.409 e. The van der Waals surface area contributed by atoms with Gasteiger partial charge in [-0.15, -0.1) is 12.4 Å². The van der Waals surface area contributed by atoms with Crippen molar-refractivity contribution in [1.82, 2.24) is 4.90 Å². The van der Waals surface area contributed by atoms with Gasteiger partial charge in [0.2, 0.25) is 0 Å². The van der Waals surface area contributed by atoms with Crippen LogP contribution in [0.1, 0.15) is 19.8 Å². The number of anilines is 1. The van der Waals surface area contributed by atoms with Crippen LogP contribution in [0.3, 0.4) is 0 Å². The van der Waals surface area contributed by atoms with Crippen molar-refractivity contribution < 1.29 is 15.0 Å². The molecule has 1 aliphatic rings. The number of benzene rings is 1. The maximum atomic E-state index is 10.1. The van der Waals surface area contributed by atoms with Crippen molar-refractivity contribution in [3.05, 3.63) is 30.3 Å². The molecule has 0 aliphatic carbocycles. The summed E-state index contributed by atoms with van der Waals surface area (Å²) in [7, 11) is 0. The molecule has 0 unspecified atom stereocenters. The minimum absolute atomic E-state index is 0. The van der Waals surface area contributed by atoms with Gasteiger partial charge in [0, 0.05) is 18.8 Å². The molecule has 1 aliphatic heterocycles. The molecule has 1 fully saturated rings. The predicted octanol–water partition coefficient (Wildman–Crippen LogP) is 2.66. The Morgan fingerprint density at radius 3 is 2.30 bits per heavy atom. The third kappa shape index (κ3) is 7.99. The summed E-state index contributed by atoms with van der Waals surface area (Å²) in [5.74, 6) is 0. The van der Waals surface area contributed by atoms with Crippen molar-refractivity contribution in [2.75, 3.05) is 25.0 Å². The van der Waals surface area contributed by atoms with E-state index in [1.54, 1.807) is 24.3 Å². The van der Waals surface area contributed by atoms with Crippen molar-refractivity contribution in [2.24, 2.45) is 0 Å². The van der Waals surface area contributed by atoms with Crippen molar-refractivity contribution in [3.63, 3.8) is 0 Å². The molecule has 0 atom stereocenters. The lowest BCUT2D eigenvalue weighted by molar-refractivity contribution is 0.0852. The fourth-order valence-corrected chi connectivity index (χ4v) is 1.88. The van der Waals surface area contributed by atoms with Gasteiger partial charge in [0.15, 0.2) is 0 Å². The van der Waals surface area contributed by atoms with Gasteiger partial charge in [-0.3, -0.25) is 5.32 Å². The quantitative estimate of drug-likeness (QED) is 0.785. The smallest absolute Gasteiger partial charge is 0.409 e. The maximum absolute atomic E-state index is 10.1. The van der Waals surface area contributed by atoms with E-state index in [-0.39, 0.29) is 18.5 Å². The van der Waals surface area contributed by atoms with Gasteiger partial charge in [-0.05, 0) is 31.5 Å². The number of amides is 1. The number of carbonyl (C=O) groups is 1. The molecule has 2 rings (SSSR count). The van der Waals surface area contributed by atoms with E-state index in [0.29, 0.717) is 5.69 Å². The standard InChI is InChI=1S/C7H7NO2.C7H15NO.ClH/c9-7(10)8-6-4-2-1-3-5-6;1-2-8-5-3-7(9)4-6-8;/h1-5,8H,(H,9,10);7,9H,2-6H2,1H3;1H. The first-order valence-corrected chi connectivity index (χ1v) is 6.57. The zero-order chi connectivity index (χ0) is 14.1. The molecule has 6 heteroatoms. The summed E-state index contributed by atoms with van der Waals surface area (Å²) in [5.41, 5.74) is 0.593. The Morgan fingerprint density at radius 2 is 1.85 bits per heavy atom. The Kier molecular flexibility index (Phi) is 9.80. The van der Waals surface area contributed by atoms with Crippen molar-refractivity contribution in [3.8, 4) is 0 Å². The van der Waals surface area contributed by atoms with Gasteiger partial charge in [-0.1, -0.05) is 25.1 Å². The molecule has 0 bridgehead atoms. The second-order valence-corrected chi connectivity index (χ2v) is 4.46. The summed E-state index contributed by atoms with van der Waals surface area (Å²) in [6.07, 6.45) is 0.876. The zero-order valence-electron chi connectivity index (χ0n) is 11.7. The van der Waals surface area contributed by atoms with Crippen LogP contribution in [0.5, 0.6) is 0 Å². The summed E-state index contributed by atoms with van der Waals surface area (Å²) in [6, 6.07) is 8.74. The fraction of sp³-hybridized carbons (Fsp3) is 0.500. The van der Waals surface area contributed by atoms with E-state index >= 15 is 0 Å². The number of aliphatic hydroxyl groups is 1. The third-order valence-electron chi connectivity index (χ3n) is 3.03. The Balaban J connectivity index is 0.000000345. The summed E-state index contributed by atoms with van der Waals surface area (Å²) >= 11 is 0. The summed E-state index contributed by atoms with van der Waals surface area (Å²) in [5, 5.41) is 19.6. The Bertz CT molecular complexity index is 368. The Morgan fingerprint density at radius 1 is 1.30 bits per heavy atom. The molecule has 3 N–H and O–H groups in total. The average Bonchev–Trinajstić information content (AvgIpc) is 2.41. The molecule has 0 aromatic heterocycles. The average molecular weight is 303 g/mol. The highest BCUT2D eigenvalue weighted by atomic mass is 35.5. The Hall–Kier alpha value is -1.30. The van der Waals surface area contributed by atoms with Crippen LogP contribution in [-0.2, 0) is 0 Å². The van der Waals surface area contributed by atoms with E-state index in [4.69, 9.17) is 10.2 Å². The first-order valence-electron chi connectivity index (χ1n) is 6.57. The summed E-state index contributed by atoms with van der Waals surface area (Å²) < 4.78 is 0.